The molecular weight excluding hydrogens is 568 g/mol. The number of aliphatic hydroxyl groups excluding tert-OH is 6. The van der Waals surface area contributed by atoms with E-state index >= 15 is 0 Å². The lowest BCUT2D eigenvalue weighted by Crippen LogP contribution is -2.45. The quantitative estimate of drug-likeness (QED) is 0.185. The molecule has 0 radical (unpaired) electrons. The molecule has 11 unspecified atom stereocenters. The molecule has 0 saturated carbocycles. The van der Waals surface area contributed by atoms with Crippen molar-refractivity contribution in [2.24, 2.45) is 0 Å². The number of hydrogen-bond acceptors (Lipinski definition) is 14. The molecule has 0 aliphatic carbocycles. The molecule has 0 aromatic carbocycles. The minimum absolute atomic E-state index is 0.0556. The Balaban J connectivity index is 0.00000216. The zero-order valence-corrected chi connectivity index (χ0v) is 25.0. The van der Waals surface area contributed by atoms with E-state index in [0.717, 1.165) is 13.5 Å². The Labute approximate surface area is 245 Å². The van der Waals surface area contributed by atoms with E-state index < -0.39 is 18.5 Å². The van der Waals surface area contributed by atoms with Gasteiger partial charge >= 0.3 is 0 Å². The monoisotopic (exact) mass is 616 g/mol. The predicted octanol–water partition coefficient (Wildman–Crippen LogP) is 0.181. The zero-order chi connectivity index (χ0) is 29.1. The first-order valence-electron chi connectivity index (χ1n) is 14.1. The fraction of sp³-hybridized carbons (Fsp3) is 1.00. The van der Waals surface area contributed by atoms with Crippen LogP contribution in [-0.4, -0.2) is 142 Å². The smallest absolute Gasteiger partial charge is 0.160 e. The van der Waals surface area contributed by atoms with E-state index in [2.05, 4.69) is 0 Å². The number of ether oxygens (including phenoxy) is 6. The van der Waals surface area contributed by atoms with Crippen LogP contribution in [0.4, 0.5) is 0 Å². The number of aliphatic hydroxyl groups is 6. The Morgan fingerprint density at radius 1 is 0.600 bits per heavy atom. The minimum atomic E-state index is -0.607. The molecule has 4 aliphatic heterocycles. The van der Waals surface area contributed by atoms with Gasteiger partial charge in [0.15, 0.2) is 12.6 Å². The van der Waals surface area contributed by atoms with Gasteiger partial charge in [0, 0.05) is 56.8 Å². The lowest BCUT2D eigenvalue weighted by atomic mass is 10.0. The Hall–Kier alpha value is 0.220. The summed E-state index contributed by atoms with van der Waals surface area (Å²) in [5.74, 6) is 0. The molecule has 4 rings (SSSR count). The van der Waals surface area contributed by atoms with E-state index in [9.17, 15) is 25.5 Å². The average molecular weight is 617 g/mol. The highest BCUT2D eigenvalue weighted by Crippen LogP contribution is 2.42. The standard InChI is InChI=1S/C25H44O11S2.CH4O/c1-31-22-8-20(5-18(12-28)33-22)37-25-9-21(6-19(13-29)36-25)38-24-7-15(4-17(11-27)35-24)32-23-3-14(30)2-16(10-26)34-23;1-2/h14-30H,2-13H2,1H3;2H,1H3/t14?,15?,16?,17?,18-,19?,20?,21?,22?,23?,24?,25?;/m0./s1. The maximum Gasteiger partial charge on any atom is 0.160 e. The Bertz CT molecular complexity index is 684. The van der Waals surface area contributed by atoms with Crippen LogP contribution in [0.25, 0.3) is 0 Å². The van der Waals surface area contributed by atoms with Crippen LogP contribution in [0.15, 0.2) is 0 Å². The summed E-state index contributed by atoms with van der Waals surface area (Å²) in [4.78, 5) is 0. The SMILES string of the molecule is CO.COC1CC(SC2CC(SC3CC(OC4CC(O)CC(CO)O4)CC(CO)O3)CC(CO)O2)C[C@@H](CO)O1. The summed E-state index contributed by atoms with van der Waals surface area (Å²) in [6.45, 7) is -0.407. The van der Waals surface area contributed by atoms with E-state index in [1.165, 1.54) is 0 Å². The third-order valence-corrected chi connectivity index (χ3v) is 10.2. The van der Waals surface area contributed by atoms with Gasteiger partial charge in [0.2, 0.25) is 0 Å². The molecule has 0 spiro atoms. The molecule has 14 heteroatoms. The highest BCUT2D eigenvalue weighted by atomic mass is 32.2. The van der Waals surface area contributed by atoms with Crippen LogP contribution in [0.3, 0.4) is 0 Å². The first-order chi connectivity index (χ1) is 19.4. The lowest BCUT2D eigenvalue weighted by molar-refractivity contribution is -0.251. The number of thioether (sulfide) groups is 2. The highest BCUT2D eigenvalue weighted by molar-refractivity contribution is 8.01. The molecule has 4 aliphatic rings. The lowest BCUT2D eigenvalue weighted by Gasteiger charge is -2.41. The second-order valence-electron chi connectivity index (χ2n) is 10.5. The fourth-order valence-corrected chi connectivity index (χ4v) is 8.90. The Kier molecular flexibility index (Phi) is 15.7. The van der Waals surface area contributed by atoms with Gasteiger partial charge in [-0.25, -0.2) is 0 Å². The molecule has 4 saturated heterocycles. The van der Waals surface area contributed by atoms with E-state index in [1.807, 2.05) is 0 Å². The minimum Gasteiger partial charge on any atom is -0.400 e. The summed E-state index contributed by atoms with van der Waals surface area (Å²) in [5, 5.41) is 56.3. The second-order valence-corrected chi connectivity index (χ2v) is 13.5. The van der Waals surface area contributed by atoms with Crippen molar-refractivity contribution in [2.45, 2.75) is 122 Å². The third-order valence-electron chi connectivity index (χ3n) is 7.43. The molecule has 40 heavy (non-hydrogen) atoms. The molecule has 12 atom stereocenters. The molecule has 4 fully saturated rings. The predicted molar refractivity (Wildman–Crippen MR) is 149 cm³/mol. The Morgan fingerprint density at radius 2 is 1.10 bits per heavy atom. The van der Waals surface area contributed by atoms with Crippen LogP contribution in [0.2, 0.25) is 0 Å². The van der Waals surface area contributed by atoms with Crippen LogP contribution >= 0.6 is 23.5 Å². The van der Waals surface area contributed by atoms with Gasteiger partial charge in [-0.15, -0.1) is 23.5 Å². The van der Waals surface area contributed by atoms with Gasteiger partial charge in [-0.2, -0.15) is 0 Å². The molecule has 0 aromatic rings. The van der Waals surface area contributed by atoms with E-state index in [-0.39, 0.29) is 78.5 Å². The van der Waals surface area contributed by atoms with Crippen LogP contribution in [0, 0.1) is 0 Å². The topological polar surface area (TPSA) is 177 Å². The molecule has 4 heterocycles. The number of methoxy groups -OCH3 is 1. The van der Waals surface area contributed by atoms with Gasteiger partial charge in [-0.3, -0.25) is 0 Å². The summed E-state index contributed by atoms with van der Waals surface area (Å²) in [6.07, 6.45) is 1.63. The molecular formula is C26H48O12S2. The average Bonchev–Trinajstić information content (AvgIpc) is 2.97. The largest absolute Gasteiger partial charge is 0.400 e. The van der Waals surface area contributed by atoms with Crippen LogP contribution in [-0.2, 0) is 28.4 Å². The first-order valence-corrected chi connectivity index (χ1v) is 16.0. The van der Waals surface area contributed by atoms with Crippen LogP contribution < -0.4 is 0 Å². The molecule has 236 valence electrons. The summed E-state index contributed by atoms with van der Waals surface area (Å²) in [6, 6.07) is 0. The molecule has 6 N–H and O–H groups in total. The number of hydrogen-bond donors (Lipinski definition) is 6. The summed E-state index contributed by atoms with van der Waals surface area (Å²) in [7, 11) is 2.60. The van der Waals surface area contributed by atoms with Crippen molar-refractivity contribution < 1.29 is 59.1 Å². The van der Waals surface area contributed by atoms with Crippen molar-refractivity contribution >= 4 is 23.5 Å². The summed E-state index contributed by atoms with van der Waals surface area (Å²) < 4.78 is 35.4. The third kappa shape index (κ3) is 10.7. The van der Waals surface area contributed by atoms with Crippen LogP contribution in [0.1, 0.15) is 51.4 Å². The van der Waals surface area contributed by atoms with Crippen LogP contribution in [0.5, 0.6) is 0 Å². The van der Waals surface area contributed by atoms with Gasteiger partial charge in [-0.1, -0.05) is 0 Å². The summed E-state index contributed by atoms with van der Waals surface area (Å²) >= 11 is 3.40. The van der Waals surface area contributed by atoms with Crippen molar-refractivity contribution in [3.8, 4) is 0 Å². The van der Waals surface area contributed by atoms with Crippen molar-refractivity contribution in [2.75, 3.05) is 40.6 Å². The fourth-order valence-electron chi connectivity index (χ4n) is 5.60. The molecule has 0 bridgehead atoms. The number of rotatable bonds is 11. The van der Waals surface area contributed by atoms with Gasteiger partial charge in [0.25, 0.3) is 0 Å². The van der Waals surface area contributed by atoms with E-state index in [1.54, 1.807) is 30.6 Å². The molecule has 0 amide bonds. The van der Waals surface area contributed by atoms with Crippen molar-refractivity contribution in [1.29, 1.82) is 0 Å². The molecule has 12 nitrogen and oxygen atoms in total. The van der Waals surface area contributed by atoms with Gasteiger partial charge in [0.05, 0.1) is 63.1 Å². The highest BCUT2D eigenvalue weighted by Gasteiger charge is 2.39. The van der Waals surface area contributed by atoms with Gasteiger partial charge < -0.3 is 59.1 Å². The maximum atomic E-state index is 10.1. The van der Waals surface area contributed by atoms with Crippen molar-refractivity contribution in [3.63, 3.8) is 0 Å². The van der Waals surface area contributed by atoms with E-state index in [4.69, 9.17) is 33.5 Å². The van der Waals surface area contributed by atoms with E-state index in [0.29, 0.717) is 44.9 Å². The second kappa shape index (κ2) is 18.1. The summed E-state index contributed by atoms with van der Waals surface area (Å²) in [5.41, 5.74) is -0.323. The normalized spacial score (nSPS) is 42.6. The maximum absolute atomic E-state index is 10.1. The van der Waals surface area contributed by atoms with Crippen molar-refractivity contribution in [3.05, 3.63) is 0 Å². The zero-order valence-electron chi connectivity index (χ0n) is 23.4. The Morgan fingerprint density at radius 3 is 1.70 bits per heavy atom. The molecule has 0 aromatic heterocycles. The first kappa shape index (κ1) is 34.7. The van der Waals surface area contributed by atoms with Gasteiger partial charge in [-0.05, 0) is 19.3 Å². The van der Waals surface area contributed by atoms with Crippen molar-refractivity contribution in [1.82, 2.24) is 0 Å². The van der Waals surface area contributed by atoms with Gasteiger partial charge in [0.1, 0.15) is 10.9 Å².